The van der Waals surface area contributed by atoms with E-state index in [1.807, 2.05) is 0 Å². The molecule has 1 saturated heterocycles. The fourth-order valence-electron chi connectivity index (χ4n) is 1.50. The number of primary amides is 1. The maximum atomic E-state index is 11.5. The van der Waals surface area contributed by atoms with Crippen LogP contribution in [0, 0.1) is 0 Å². The van der Waals surface area contributed by atoms with E-state index in [2.05, 4.69) is 10.6 Å². The molecular formula is C9H15N3O5. The predicted molar refractivity (Wildman–Crippen MR) is 56.1 cm³/mol. The van der Waals surface area contributed by atoms with Crippen molar-refractivity contribution in [3.05, 3.63) is 0 Å². The molecule has 0 aromatic carbocycles. The van der Waals surface area contributed by atoms with Crippen LogP contribution >= 0.6 is 0 Å². The molecule has 8 heteroatoms. The second kappa shape index (κ2) is 6.04. The number of ether oxygens (including phenoxy) is 1. The summed E-state index contributed by atoms with van der Waals surface area (Å²) in [5, 5.41) is 13.5. The minimum atomic E-state index is -1.06. The van der Waals surface area contributed by atoms with Gasteiger partial charge < -0.3 is 26.2 Å². The lowest BCUT2D eigenvalue weighted by molar-refractivity contribution is -0.151. The Labute approximate surface area is 97.5 Å². The minimum absolute atomic E-state index is 0.218. The van der Waals surface area contributed by atoms with Gasteiger partial charge in [0.15, 0.2) is 6.10 Å². The molecule has 0 aromatic rings. The SMILES string of the molecule is NC(=O)NCCNC(=O)C1CCC(C(=O)O)O1. The van der Waals surface area contributed by atoms with E-state index in [4.69, 9.17) is 15.6 Å². The highest BCUT2D eigenvalue weighted by Gasteiger charge is 2.34. The molecule has 17 heavy (non-hydrogen) atoms. The highest BCUT2D eigenvalue weighted by Crippen LogP contribution is 2.19. The van der Waals surface area contributed by atoms with E-state index < -0.39 is 24.2 Å². The van der Waals surface area contributed by atoms with Crippen molar-refractivity contribution in [2.45, 2.75) is 25.0 Å². The average Bonchev–Trinajstić information content (AvgIpc) is 2.73. The van der Waals surface area contributed by atoms with Gasteiger partial charge in [0, 0.05) is 13.1 Å². The van der Waals surface area contributed by atoms with Crippen molar-refractivity contribution in [1.29, 1.82) is 0 Å². The number of amides is 3. The highest BCUT2D eigenvalue weighted by atomic mass is 16.5. The molecule has 1 aliphatic rings. The number of carboxylic acid groups (broad SMARTS) is 1. The third kappa shape index (κ3) is 4.27. The van der Waals surface area contributed by atoms with E-state index in [-0.39, 0.29) is 19.0 Å². The number of nitrogens with one attached hydrogen (secondary N) is 2. The van der Waals surface area contributed by atoms with E-state index in [0.717, 1.165) is 0 Å². The number of rotatable bonds is 5. The summed E-state index contributed by atoms with van der Waals surface area (Å²) in [4.78, 5) is 32.4. The molecule has 1 aliphatic heterocycles. The Hall–Kier alpha value is -1.83. The number of aliphatic carboxylic acids is 1. The lowest BCUT2D eigenvalue weighted by Gasteiger charge is -2.11. The Morgan fingerprint density at radius 2 is 1.76 bits per heavy atom. The summed E-state index contributed by atoms with van der Waals surface area (Å²) in [6, 6.07) is -0.665. The van der Waals surface area contributed by atoms with Crippen LogP contribution in [-0.2, 0) is 14.3 Å². The first-order chi connectivity index (χ1) is 8.00. The van der Waals surface area contributed by atoms with E-state index >= 15 is 0 Å². The van der Waals surface area contributed by atoms with Crippen molar-refractivity contribution in [1.82, 2.24) is 10.6 Å². The Balaban J connectivity index is 2.21. The van der Waals surface area contributed by atoms with Crippen molar-refractivity contribution >= 4 is 17.9 Å². The van der Waals surface area contributed by atoms with E-state index in [1.165, 1.54) is 0 Å². The lowest BCUT2D eigenvalue weighted by atomic mass is 10.2. The molecule has 0 spiro atoms. The van der Waals surface area contributed by atoms with E-state index in [0.29, 0.717) is 12.8 Å². The van der Waals surface area contributed by atoms with Gasteiger partial charge >= 0.3 is 12.0 Å². The Kier molecular flexibility index (Phi) is 4.70. The van der Waals surface area contributed by atoms with Crippen LogP contribution < -0.4 is 16.4 Å². The van der Waals surface area contributed by atoms with Crippen LogP contribution in [0.4, 0.5) is 4.79 Å². The molecule has 2 atom stereocenters. The van der Waals surface area contributed by atoms with Crippen LogP contribution in [0.5, 0.6) is 0 Å². The van der Waals surface area contributed by atoms with Gasteiger partial charge in [0.05, 0.1) is 0 Å². The third-order valence-corrected chi connectivity index (χ3v) is 2.31. The van der Waals surface area contributed by atoms with Gasteiger partial charge in [0.2, 0.25) is 5.91 Å². The number of carbonyl (C=O) groups is 3. The summed E-state index contributed by atoms with van der Waals surface area (Å²) < 4.78 is 5.04. The van der Waals surface area contributed by atoms with Crippen molar-refractivity contribution in [2.75, 3.05) is 13.1 Å². The molecule has 3 amide bonds. The fraction of sp³-hybridized carbons (Fsp3) is 0.667. The summed E-state index contributed by atoms with van der Waals surface area (Å²) in [5.74, 6) is -1.43. The van der Waals surface area contributed by atoms with E-state index in [9.17, 15) is 14.4 Å². The predicted octanol–water partition coefficient (Wildman–Crippen LogP) is -1.60. The molecular weight excluding hydrogens is 230 g/mol. The van der Waals surface area contributed by atoms with Gasteiger partial charge in [-0.3, -0.25) is 4.79 Å². The zero-order valence-electron chi connectivity index (χ0n) is 9.14. The highest BCUT2D eigenvalue weighted by molar-refractivity contribution is 5.82. The first-order valence-electron chi connectivity index (χ1n) is 5.20. The van der Waals surface area contributed by atoms with Gasteiger partial charge in [0.1, 0.15) is 6.10 Å². The quantitative estimate of drug-likeness (QED) is 0.433. The Morgan fingerprint density at radius 1 is 1.18 bits per heavy atom. The fourth-order valence-corrected chi connectivity index (χ4v) is 1.50. The van der Waals surface area contributed by atoms with Gasteiger partial charge in [-0.25, -0.2) is 9.59 Å². The zero-order valence-corrected chi connectivity index (χ0v) is 9.14. The van der Waals surface area contributed by atoms with Crippen molar-refractivity contribution in [3.63, 3.8) is 0 Å². The van der Waals surface area contributed by atoms with Gasteiger partial charge in [-0.1, -0.05) is 0 Å². The normalized spacial score (nSPS) is 23.1. The van der Waals surface area contributed by atoms with Crippen LogP contribution in [0.25, 0.3) is 0 Å². The summed E-state index contributed by atoms with van der Waals surface area (Å²) in [6.45, 7) is 0.440. The van der Waals surface area contributed by atoms with Crippen LogP contribution in [0.2, 0.25) is 0 Å². The second-order valence-electron chi connectivity index (χ2n) is 3.61. The molecule has 0 saturated carbocycles. The molecule has 0 radical (unpaired) electrons. The maximum Gasteiger partial charge on any atom is 0.332 e. The lowest BCUT2D eigenvalue weighted by Crippen LogP contribution is -2.41. The standard InChI is InChI=1S/C9H15N3O5/c10-9(16)12-4-3-11-7(13)5-1-2-6(17-5)8(14)15/h5-6H,1-4H2,(H,11,13)(H,14,15)(H3,10,12,16). The number of urea groups is 1. The number of carbonyl (C=O) groups excluding carboxylic acids is 2. The second-order valence-corrected chi connectivity index (χ2v) is 3.61. The summed E-state index contributed by atoms with van der Waals surface area (Å²) in [7, 11) is 0. The van der Waals surface area contributed by atoms with Crippen LogP contribution in [-0.4, -0.2) is 48.3 Å². The largest absolute Gasteiger partial charge is 0.479 e. The molecule has 0 aromatic heterocycles. The Morgan fingerprint density at radius 3 is 2.29 bits per heavy atom. The summed E-state index contributed by atoms with van der Waals surface area (Å²) >= 11 is 0. The molecule has 2 unspecified atom stereocenters. The number of carboxylic acids is 1. The van der Waals surface area contributed by atoms with Gasteiger partial charge in [0.25, 0.3) is 0 Å². The zero-order chi connectivity index (χ0) is 12.8. The number of hydrogen-bond acceptors (Lipinski definition) is 4. The molecule has 8 nitrogen and oxygen atoms in total. The molecule has 1 heterocycles. The molecule has 0 bridgehead atoms. The van der Waals surface area contributed by atoms with Crippen molar-refractivity contribution in [3.8, 4) is 0 Å². The van der Waals surface area contributed by atoms with Crippen LogP contribution in [0.1, 0.15) is 12.8 Å². The summed E-state index contributed by atoms with van der Waals surface area (Å²) in [6.07, 6.45) is -0.932. The average molecular weight is 245 g/mol. The number of hydrogen-bond donors (Lipinski definition) is 4. The summed E-state index contributed by atoms with van der Waals surface area (Å²) in [5.41, 5.74) is 4.83. The molecule has 1 rings (SSSR count). The molecule has 1 fully saturated rings. The van der Waals surface area contributed by atoms with Gasteiger partial charge in [-0.15, -0.1) is 0 Å². The molecule has 5 N–H and O–H groups in total. The third-order valence-electron chi connectivity index (χ3n) is 2.31. The first-order valence-corrected chi connectivity index (χ1v) is 5.20. The van der Waals surface area contributed by atoms with Gasteiger partial charge in [-0.2, -0.15) is 0 Å². The van der Waals surface area contributed by atoms with E-state index in [1.54, 1.807) is 0 Å². The van der Waals surface area contributed by atoms with Crippen LogP contribution in [0.3, 0.4) is 0 Å². The molecule has 96 valence electrons. The topological polar surface area (TPSA) is 131 Å². The Bertz CT molecular complexity index is 320. The van der Waals surface area contributed by atoms with Crippen LogP contribution in [0.15, 0.2) is 0 Å². The minimum Gasteiger partial charge on any atom is -0.479 e. The monoisotopic (exact) mass is 245 g/mol. The first kappa shape index (κ1) is 13.2. The maximum absolute atomic E-state index is 11.5. The smallest absolute Gasteiger partial charge is 0.332 e. The van der Waals surface area contributed by atoms with Gasteiger partial charge in [-0.05, 0) is 12.8 Å². The number of nitrogens with two attached hydrogens (primary N) is 1. The molecule has 0 aliphatic carbocycles. The van der Waals surface area contributed by atoms with Crippen molar-refractivity contribution < 1.29 is 24.2 Å². The van der Waals surface area contributed by atoms with Crippen molar-refractivity contribution in [2.24, 2.45) is 5.73 Å².